The average Bonchev–Trinajstić information content (AvgIpc) is 2.57. The number of pyridine rings is 1. The Morgan fingerprint density at radius 3 is 2.36 bits per heavy atom. The first-order valence-electron chi connectivity index (χ1n) is 7.88. The molecule has 0 N–H and O–H groups in total. The van der Waals surface area contributed by atoms with E-state index in [1.807, 2.05) is 12.1 Å². The number of thiocyanates is 1. The highest BCUT2D eigenvalue weighted by molar-refractivity contribution is 8.03. The van der Waals surface area contributed by atoms with Gasteiger partial charge < -0.3 is 0 Å². The summed E-state index contributed by atoms with van der Waals surface area (Å²) in [6, 6.07) is 12.8. The van der Waals surface area contributed by atoms with Gasteiger partial charge in [0.25, 0.3) is 0 Å². The molecule has 2 aromatic rings. The van der Waals surface area contributed by atoms with Crippen LogP contribution in [0, 0.1) is 16.6 Å². The van der Waals surface area contributed by atoms with Crippen molar-refractivity contribution in [1.29, 1.82) is 5.26 Å². The zero-order valence-corrected chi connectivity index (χ0v) is 13.6. The predicted molar refractivity (Wildman–Crippen MR) is 91.5 cm³/mol. The van der Waals surface area contributed by atoms with E-state index in [0.717, 1.165) is 39.8 Å². The lowest BCUT2D eigenvalue weighted by Gasteiger charge is -2.26. The molecule has 3 heteroatoms. The van der Waals surface area contributed by atoms with E-state index in [2.05, 4.69) is 41.6 Å². The Balaban J connectivity index is 1.72. The molecule has 2 nitrogen and oxygen atoms in total. The number of rotatable bonds is 3. The summed E-state index contributed by atoms with van der Waals surface area (Å²) in [7, 11) is 0. The summed E-state index contributed by atoms with van der Waals surface area (Å²) >= 11 is 1.14. The largest absolute Gasteiger partial charge is 0.255 e. The third kappa shape index (κ3) is 3.51. The number of nitrogens with zero attached hydrogens (tertiary/aromatic N) is 2. The first-order valence-corrected chi connectivity index (χ1v) is 8.70. The van der Waals surface area contributed by atoms with Crippen molar-refractivity contribution in [1.82, 2.24) is 4.98 Å². The van der Waals surface area contributed by atoms with E-state index in [4.69, 9.17) is 5.26 Å². The van der Waals surface area contributed by atoms with Crippen molar-refractivity contribution in [2.45, 2.75) is 43.4 Å². The minimum atomic E-state index is 0.729. The molecule has 1 fully saturated rings. The molecule has 1 aliphatic rings. The third-order valence-corrected chi connectivity index (χ3v) is 5.16. The second-order valence-electron chi connectivity index (χ2n) is 6.15. The average molecular weight is 308 g/mol. The summed E-state index contributed by atoms with van der Waals surface area (Å²) in [6.07, 6.45) is 7.11. The number of hydrogen-bond donors (Lipinski definition) is 0. The zero-order valence-electron chi connectivity index (χ0n) is 12.8. The van der Waals surface area contributed by atoms with Crippen LogP contribution in [0.1, 0.15) is 44.1 Å². The van der Waals surface area contributed by atoms with E-state index in [-0.39, 0.29) is 0 Å². The van der Waals surface area contributed by atoms with Gasteiger partial charge in [0, 0.05) is 16.7 Å². The predicted octanol–water partition coefficient (Wildman–Crippen LogP) is 5.62. The van der Waals surface area contributed by atoms with Crippen molar-refractivity contribution in [3.8, 4) is 16.7 Å². The lowest BCUT2D eigenvalue weighted by atomic mass is 9.79. The highest BCUT2D eigenvalue weighted by Crippen LogP contribution is 2.36. The monoisotopic (exact) mass is 308 g/mol. The summed E-state index contributed by atoms with van der Waals surface area (Å²) in [5.74, 6) is 1.62. The molecule has 0 radical (unpaired) electrons. The van der Waals surface area contributed by atoms with Crippen LogP contribution >= 0.6 is 11.8 Å². The highest BCUT2D eigenvalue weighted by atomic mass is 32.2. The number of aromatic nitrogens is 1. The fraction of sp³-hybridized carbons (Fsp3) is 0.368. The Kier molecular flexibility index (Phi) is 4.80. The van der Waals surface area contributed by atoms with E-state index in [1.165, 1.54) is 31.2 Å². The first kappa shape index (κ1) is 15.1. The molecule has 1 saturated carbocycles. The van der Waals surface area contributed by atoms with Gasteiger partial charge in [-0.3, -0.25) is 4.98 Å². The van der Waals surface area contributed by atoms with Crippen LogP contribution in [-0.2, 0) is 0 Å². The molecular weight excluding hydrogens is 288 g/mol. The summed E-state index contributed by atoms with van der Waals surface area (Å²) in [4.78, 5) is 5.34. The quantitative estimate of drug-likeness (QED) is 0.546. The molecule has 112 valence electrons. The molecule has 1 aromatic carbocycles. The molecule has 0 bridgehead atoms. The molecule has 3 rings (SSSR count). The molecule has 0 unspecified atom stereocenters. The third-order valence-electron chi connectivity index (χ3n) is 4.59. The van der Waals surface area contributed by atoms with Crippen LogP contribution in [0.25, 0.3) is 11.3 Å². The Hall–Kier alpha value is -1.79. The second kappa shape index (κ2) is 6.98. The standard InChI is InChI=1S/C19H20N2S/c1-14-2-4-15(5-3-14)16-6-8-17(9-7-16)19-11-10-18(12-21-19)22-13-20/h6-12,14-15H,2-5H2,1H3. The molecular formula is C19H20N2S. The summed E-state index contributed by atoms with van der Waals surface area (Å²) in [6.45, 7) is 2.36. The smallest absolute Gasteiger partial charge is 0.138 e. The van der Waals surface area contributed by atoms with E-state index >= 15 is 0 Å². The van der Waals surface area contributed by atoms with Crippen LogP contribution < -0.4 is 0 Å². The van der Waals surface area contributed by atoms with Crippen LogP contribution in [-0.4, -0.2) is 4.98 Å². The SMILES string of the molecule is CC1CCC(c2ccc(-c3ccc(SC#N)cn3)cc2)CC1. The molecule has 0 saturated heterocycles. The number of benzene rings is 1. The Bertz CT molecular complexity index is 647. The maximum Gasteiger partial charge on any atom is 0.138 e. The Labute approximate surface area is 136 Å². The van der Waals surface area contributed by atoms with E-state index in [1.54, 1.807) is 6.20 Å². The lowest BCUT2D eigenvalue weighted by Crippen LogP contribution is -2.10. The molecule has 22 heavy (non-hydrogen) atoms. The van der Waals surface area contributed by atoms with Crippen molar-refractivity contribution in [3.63, 3.8) is 0 Å². The normalized spacial score (nSPS) is 21.3. The topological polar surface area (TPSA) is 36.7 Å². The van der Waals surface area contributed by atoms with Gasteiger partial charge in [0.05, 0.1) is 5.69 Å². The Morgan fingerprint density at radius 2 is 1.77 bits per heavy atom. The highest BCUT2D eigenvalue weighted by Gasteiger charge is 2.19. The van der Waals surface area contributed by atoms with Crippen molar-refractivity contribution in [2.75, 3.05) is 0 Å². The van der Waals surface area contributed by atoms with Crippen molar-refractivity contribution in [3.05, 3.63) is 48.2 Å². The minimum Gasteiger partial charge on any atom is -0.255 e. The molecule has 1 heterocycles. The number of thioether (sulfide) groups is 1. The van der Waals surface area contributed by atoms with Gasteiger partial charge in [-0.15, -0.1) is 0 Å². The number of hydrogen-bond acceptors (Lipinski definition) is 3. The van der Waals surface area contributed by atoms with E-state index in [0.29, 0.717) is 0 Å². The fourth-order valence-electron chi connectivity index (χ4n) is 3.18. The minimum absolute atomic E-state index is 0.729. The van der Waals surface area contributed by atoms with Crippen LogP contribution in [0.5, 0.6) is 0 Å². The van der Waals surface area contributed by atoms with Crippen LogP contribution in [0.2, 0.25) is 0 Å². The number of nitriles is 1. The van der Waals surface area contributed by atoms with Gasteiger partial charge >= 0.3 is 0 Å². The molecule has 0 aliphatic heterocycles. The lowest BCUT2D eigenvalue weighted by molar-refractivity contribution is 0.348. The molecule has 1 aliphatic carbocycles. The summed E-state index contributed by atoms with van der Waals surface area (Å²) in [5, 5.41) is 10.7. The van der Waals surface area contributed by atoms with Gasteiger partial charge in [0.15, 0.2) is 0 Å². The first-order chi connectivity index (χ1) is 10.8. The summed E-state index contributed by atoms with van der Waals surface area (Å²) in [5.41, 5.74) is 3.57. The van der Waals surface area contributed by atoms with Gasteiger partial charge in [-0.1, -0.05) is 44.0 Å². The van der Waals surface area contributed by atoms with Gasteiger partial charge in [0.1, 0.15) is 5.40 Å². The molecule has 0 amide bonds. The second-order valence-corrected chi connectivity index (χ2v) is 7.01. The van der Waals surface area contributed by atoms with Gasteiger partial charge in [0.2, 0.25) is 0 Å². The van der Waals surface area contributed by atoms with Gasteiger partial charge in [-0.05, 0) is 54.1 Å². The van der Waals surface area contributed by atoms with Crippen molar-refractivity contribution >= 4 is 11.8 Å². The van der Waals surface area contributed by atoms with Gasteiger partial charge in [-0.25, -0.2) is 0 Å². The molecule has 0 atom stereocenters. The molecule has 0 spiro atoms. The maximum atomic E-state index is 8.66. The van der Waals surface area contributed by atoms with E-state index in [9.17, 15) is 0 Å². The van der Waals surface area contributed by atoms with Crippen molar-refractivity contribution < 1.29 is 0 Å². The Morgan fingerprint density at radius 1 is 1.05 bits per heavy atom. The zero-order chi connectivity index (χ0) is 15.4. The maximum absolute atomic E-state index is 8.66. The summed E-state index contributed by atoms with van der Waals surface area (Å²) < 4.78 is 0. The van der Waals surface area contributed by atoms with E-state index < -0.39 is 0 Å². The van der Waals surface area contributed by atoms with Crippen LogP contribution in [0.15, 0.2) is 47.5 Å². The molecule has 1 aromatic heterocycles. The van der Waals surface area contributed by atoms with Crippen LogP contribution in [0.4, 0.5) is 0 Å². The van der Waals surface area contributed by atoms with Crippen molar-refractivity contribution in [2.24, 2.45) is 5.92 Å². The van der Waals surface area contributed by atoms with Gasteiger partial charge in [-0.2, -0.15) is 5.26 Å². The van der Waals surface area contributed by atoms with Crippen LogP contribution in [0.3, 0.4) is 0 Å². The fourth-order valence-corrected chi connectivity index (χ4v) is 3.53.